The number of hydrogen-bond donors (Lipinski definition) is 2. The molecule has 1 aliphatic heterocycles. The molecule has 7 heteroatoms. The molecule has 0 bridgehead atoms. The van der Waals surface area contributed by atoms with E-state index in [-0.39, 0.29) is 48.9 Å². The normalized spacial score (nSPS) is 29.6. The van der Waals surface area contributed by atoms with Crippen molar-refractivity contribution in [1.82, 2.24) is 5.32 Å². The van der Waals surface area contributed by atoms with E-state index in [4.69, 9.17) is 4.74 Å². The number of imide groups is 1. The molecule has 0 unspecified atom stereocenters. The number of fused-ring (bicyclic) bond motifs is 4. The van der Waals surface area contributed by atoms with Gasteiger partial charge < -0.3 is 9.84 Å². The van der Waals surface area contributed by atoms with Gasteiger partial charge in [-0.05, 0) is 53.7 Å². The van der Waals surface area contributed by atoms with Crippen LogP contribution in [0, 0.1) is 23.7 Å². The van der Waals surface area contributed by atoms with E-state index in [1.54, 1.807) is 12.1 Å². The smallest absolute Gasteiger partial charge is 0.231 e. The number of carbonyl (C=O) groups is 4. The Bertz CT molecular complexity index is 1680. The van der Waals surface area contributed by atoms with Gasteiger partial charge in [-0.1, -0.05) is 84.4 Å². The second-order valence-corrected chi connectivity index (χ2v) is 11.8. The third kappa shape index (κ3) is 4.13. The summed E-state index contributed by atoms with van der Waals surface area (Å²) in [5.74, 6) is -3.07. The highest BCUT2D eigenvalue weighted by Gasteiger charge is 2.65. The molecule has 2 N–H and O–H groups in total. The Morgan fingerprint density at radius 1 is 0.837 bits per heavy atom. The zero-order chi connectivity index (χ0) is 29.7. The summed E-state index contributed by atoms with van der Waals surface area (Å²) in [5, 5.41) is 11.7. The Balaban J connectivity index is 1.48. The predicted molar refractivity (Wildman–Crippen MR) is 159 cm³/mol. The molecule has 0 spiro atoms. The van der Waals surface area contributed by atoms with Gasteiger partial charge in [0, 0.05) is 17.4 Å². The zero-order valence-corrected chi connectivity index (χ0v) is 23.4. The van der Waals surface area contributed by atoms with Crippen molar-refractivity contribution < 1.29 is 29.0 Å². The van der Waals surface area contributed by atoms with Crippen molar-refractivity contribution in [1.29, 1.82) is 0 Å². The number of ether oxygens (including phenoxy) is 1. The minimum atomic E-state index is -1.25. The number of Topliss-reactive ketones (excluding diaryl/α,β-unsaturated/α-hetero) is 1. The second kappa shape index (κ2) is 10.6. The highest BCUT2D eigenvalue weighted by Crippen LogP contribution is 2.63. The van der Waals surface area contributed by atoms with Gasteiger partial charge >= 0.3 is 0 Å². The minimum absolute atomic E-state index is 0.117. The lowest BCUT2D eigenvalue weighted by molar-refractivity contribution is -0.135. The van der Waals surface area contributed by atoms with E-state index in [2.05, 4.69) is 5.32 Å². The number of rotatable bonds is 6. The number of allylic oxidation sites excluding steroid dienone is 4. The van der Waals surface area contributed by atoms with Crippen LogP contribution in [0.1, 0.15) is 35.4 Å². The summed E-state index contributed by atoms with van der Waals surface area (Å²) < 4.78 is 5.62. The maximum absolute atomic E-state index is 14.8. The average Bonchev–Trinajstić information content (AvgIpc) is 3.34. The van der Waals surface area contributed by atoms with Crippen molar-refractivity contribution in [2.45, 2.75) is 24.2 Å². The van der Waals surface area contributed by atoms with Crippen molar-refractivity contribution in [3.8, 4) is 5.75 Å². The fourth-order valence-electron chi connectivity index (χ4n) is 8.08. The third-order valence-corrected chi connectivity index (χ3v) is 9.79. The van der Waals surface area contributed by atoms with Gasteiger partial charge in [-0.15, -0.1) is 0 Å². The van der Waals surface area contributed by atoms with E-state index in [1.165, 1.54) is 6.08 Å². The van der Waals surface area contributed by atoms with Gasteiger partial charge in [0.2, 0.25) is 11.8 Å². The molecule has 4 aliphatic rings. The average molecular weight is 574 g/mol. The summed E-state index contributed by atoms with van der Waals surface area (Å²) in [6.45, 7) is 0.0338. The number of aliphatic hydroxyl groups excluding tert-OH is 1. The molecule has 43 heavy (non-hydrogen) atoms. The molecule has 0 radical (unpaired) electrons. The van der Waals surface area contributed by atoms with Crippen molar-refractivity contribution in [3.63, 3.8) is 0 Å². The summed E-state index contributed by atoms with van der Waals surface area (Å²) in [7, 11) is 0. The summed E-state index contributed by atoms with van der Waals surface area (Å²) in [5.41, 5.74) is 2.30. The second-order valence-electron chi connectivity index (χ2n) is 11.8. The number of nitrogens with one attached hydrogen (secondary N) is 1. The van der Waals surface area contributed by atoms with E-state index in [0.29, 0.717) is 23.3 Å². The Labute approximate surface area is 249 Å². The highest BCUT2D eigenvalue weighted by atomic mass is 16.5. The SMILES string of the molecule is O=C1NC(=O)[C@H]2CC=C3[C@@H](C[C@H]4C(=O)C(c5ccccc5)=CC(=O)[C@@]4(c4ccccc4)[C@H]3c3ccc(OCCO)cc3)[C@@H]12. The number of amides is 2. The molecule has 7 rings (SSSR count). The van der Waals surface area contributed by atoms with Crippen molar-refractivity contribution in [2.24, 2.45) is 23.7 Å². The lowest BCUT2D eigenvalue weighted by atomic mass is 9.44. The van der Waals surface area contributed by atoms with Gasteiger partial charge in [0.25, 0.3) is 0 Å². The number of benzene rings is 3. The van der Waals surface area contributed by atoms with Crippen LogP contribution >= 0.6 is 0 Å². The standard InChI is InChI=1S/C36H31NO6/c38-17-18-43-24-13-11-22(12-14-24)32-25-15-16-26-31(35(42)37-34(26)41)28(25)19-29-33(40)27(21-7-3-1-4-8-21)20-30(39)36(29,32)23-9-5-2-6-10-23/h1-15,20,26,28-29,31-32,38H,16-19H2,(H,37,41,42)/t26-,28+,29-,31-,32-,36-/m0/s1. The zero-order valence-electron chi connectivity index (χ0n) is 23.4. The quantitative estimate of drug-likeness (QED) is 0.339. The molecule has 7 nitrogen and oxygen atoms in total. The summed E-state index contributed by atoms with van der Waals surface area (Å²) in [6, 6.07) is 26.2. The Morgan fingerprint density at radius 3 is 2.23 bits per heavy atom. The van der Waals surface area contributed by atoms with E-state index in [0.717, 1.165) is 16.7 Å². The maximum Gasteiger partial charge on any atom is 0.231 e. The van der Waals surface area contributed by atoms with E-state index in [9.17, 15) is 24.3 Å². The number of aliphatic hydroxyl groups is 1. The molecule has 6 atom stereocenters. The molecule has 216 valence electrons. The monoisotopic (exact) mass is 573 g/mol. The first kappa shape index (κ1) is 27.2. The number of carbonyl (C=O) groups excluding carboxylic acids is 4. The van der Waals surface area contributed by atoms with Crippen LogP contribution in [0.3, 0.4) is 0 Å². The molecule has 1 saturated heterocycles. The summed E-state index contributed by atoms with van der Waals surface area (Å²) >= 11 is 0. The van der Waals surface area contributed by atoms with Gasteiger partial charge in [0.05, 0.1) is 23.9 Å². The Kier molecular flexibility index (Phi) is 6.70. The van der Waals surface area contributed by atoms with Crippen molar-refractivity contribution in [3.05, 3.63) is 119 Å². The largest absolute Gasteiger partial charge is 0.491 e. The first-order chi connectivity index (χ1) is 20.9. The van der Waals surface area contributed by atoms with Crippen LogP contribution in [-0.2, 0) is 24.6 Å². The first-order valence-electron chi connectivity index (χ1n) is 14.7. The fraction of sp³-hybridized carbons (Fsp3) is 0.278. The van der Waals surface area contributed by atoms with Gasteiger partial charge in [0.1, 0.15) is 12.4 Å². The molecule has 3 aromatic rings. The topological polar surface area (TPSA) is 110 Å². The fourth-order valence-corrected chi connectivity index (χ4v) is 8.08. The van der Waals surface area contributed by atoms with E-state index >= 15 is 0 Å². The molecular weight excluding hydrogens is 542 g/mol. The summed E-state index contributed by atoms with van der Waals surface area (Å²) in [4.78, 5) is 55.6. The van der Waals surface area contributed by atoms with Gasteiger partial charge in [-0.3, -0.25) is 24.5 Å². The van der Waals surface area contributed by atoms with Crippen LogP contribution in [0.4, 0.5) is 0 Å². The van der Waals surface area contributed by atoms with Crippen molar-refractivity contribution >= 4 is 29.0 Å². The Hall–Kier alpha value is -4.62. The van der Waals surface area contributed by atoms with Gasteiger partial charge in [-0.25, -0.2) is 0 Å². The highest BCUT2D eigenvalue weighted by molar-refractivity contribution is 6.31. The minimum Gasteiger partial charge on any atom is -0.491 e. The molecule has 1 heterocycles. The van der Waals surface area contributed by atoms with Crippen LogP contribution in [0.2, 0.25) is 0 Å². The molecular formula is C36H31NO6. The molecule has 2 fully saturated rings. The summed E-state index contributed by atoms with van der Waals surface area (Å²) in [6.07, 6.45) is 4.24. The van der Waals surface area contributed by atoms with Crippen LogP contribution in [0.5, 0.6) is 5.75 Å². The van der Waals surface area contributed by atoms with E-state index < -0.39 is 29.1 Å². The molecule has 3 aliphatic carbocycles. The molecule has 2 amide bonds. The number of hydrogen-bond acceptors (Lipinski definition) is 6. The third-order valence-electron chi connectivity index (χ3n) is 9.79. The predicted octanol–water partition coefficient (Wildman–Crippen LogP) is 4.17. The van der Waals surface area contributed by atoms with Crippen LogP contribution < -0.4 is 10.1 Å². The molecule has 0 aromatic heterocycles. The molecule has 3 aromatic carbocycles. The van der Waals surface area contributed by atoms with Crippen LogP contribution in [-0.4, -0.2) is 41.7 Å². The Morgan fingerprint density at radius 2 is 1.53 bits per heavy atom. The van der Waals surface area contributed by atoms with Crippen molar-refractivity contribution in [2.75, 3.05) is 13.2 Å². The lowest BCUT2D eigenvalue weighted by Crippen LogP contribution is -2.58. The first-order valence-corrected chi connectivity index (χ1v) is 14.7. The van der Waals surface area contributed by atoms with Gasteiger partial charge in [0.15, 0.2) is 11.6 Å². The maximum atomic E-state index is 14.8. The number of ketones is 2. The molecule has 1 saturated carbocycles. The van der Waals surface area contributed by atoms with E-state index in [1.807, 2.05) is 78.9 Å². The van der Waals surface area contributed by atoms with Crippen LogP contribution in [0.15, 0.2) is 103 Å². The lowest BCUT2D eigenvalue weighted by Gasteiger charge is -2.55. The van der Waals surface area contributed by atoms with Crippen LogP contribution in [0.25, 0.3) is 5.57 Å². The van der Waals surface area contributed by atoms with Gasteiger partial charge in [-0.2, -0.15) is 0 Å².